The number of fused-ring (bicyclic) bond motifs is 1. The molecule has 1 fully saturated rings. The van der Waals surface area contributed by atoms with Crippen molar-refractivity contribution < 1.29 is 19.1 Å². The molecule has 0 radical (unpaired) electrons. The van der Waals surface area contributed by atoms with E-state index in [-0.39, 0.29) is 5.88 Å². The summed E-state index contributed by atoms with van der Waals surface area (Å²) in [5.41, 5.74) is 1.60. The predicted molar refractivity (Wildman–Crippen MR) is 151 cm³/mol. The van der Waals surface area contributed by atoms with Crippen molar-refractivity contribution >= 4 is 95.7 Å². The lowest BCUT2D eigenvalue weighted by molar-refractivity contribution is -0.163. The van der Waals surface area contributed by atoms with Crippen LogP contribution in [0.3, 0.4) is 0 Å². The van der Waals surface area contributed by atoms with Gasteiger partial charge in [-0.25, -0.2) is 9.78 Å². The van der Waals surface area contributed by atoms with Crippen LogP contribution in [0.5, 0.6) is 0 Å². The van der Waals surface area contributed by atoms with Crippen molar-refractivity contribution in [2.45, 2.75) is 33.2 Å². The number of para-hydroxylation sites is 1. The third-order valence-corrected chi connectivity index (χ3v) is 10.4. The lowest BCUT2D eigenvalue weighted by atomic mass is 9.99. The van der Waals surface area contributed by atoms with Crippen molar-refractivity contribution in [1.29, 1.82) is 0 Å². The van der Waals surface area contributed by atoms with Crippen molar-refractivity contribution in [3.8, 4) is 0 Å². The van der Waals surface area contributed by atoms with Crippen molar-refractivity contribution in [1.82, 2.24) is 15.2 Å². The first-order chi connectivity index (χ1) is 17.6. The average Bonchev–Trinajstić information content (AvgIpc) is 3.29. The molecule has 2 aromatic carbocycles. The van der Waals surface area contributed by atoms with E-state index in [1.165, 1.54) is 37.8 Å². The number of nitrogens with zero attached hydrogens (tertiary/aromatic N) is 2. The molecule has 194 valence electrons. The van der Waals surface area contributed by atoms with Crippen molar-refractivity contribution in [3.05, 3.63) is 72.3 Å². The van der Waals surface area contributed by atoms with E-state index in [9.17, 15) is 14.4 Å². The Labute approximate surface area is 240 Å². The molecule has 0 spiro atoms. The molecule has 3 unspecified atom stereocenters. The zero-order valence-electron chi connectivity index (χ0n) is 19.2. The SMILES string of the molecule is C=C(C)C(C(=O)OC(Cl)(Cl)CCl)N1C(=O)C(NC(=O)c2ccccc2)C1SSc1nc2ccccc2s1. The molecule has 3 aromatic rings. The monoisotopic (exact) mass is 615 g/mol. The van der Waals surface area contributed by atoms with Gasteiger partial charge in [-0.15, -0.1) is 22.9 Å². The number of nitrogens with one attached hydrogen (secondary N) is 1. The second kappa shape index (κ2) is 11.8. The Morgan fingerprint density at radius 3 is 2.54 bits per heavy atom. The van der Waals surface area contributed by atoms with Gasteiger partial charge in [0.25, 0.3) is 10.4 Å². The zero-order chi connectivity index (χ0) is 26.7. The van der Waals surface area contributed by atoms with Gasteiger partial charge < -0.3 is 15.0 Å². The van der Waals surface area contributed by atoms with Crippen LogP contribution in [0, 0.1) is 0 Å². The summed E-state index contributed by atoms with van der Waals surface area (Å²) in [4.78, 5) is 45.1. The van der Waals surface area contributed by atoms with Crippen molar-refractivity contribution in [3.63, 3.8) is 0 Å². The highest BCUT2D eigenvalue weighted by Crippen LogP contribution is 2.45. The Morgan fingerprint density at radius 2 is 1.89 bits per heavy atom. The van der Waals surface area contributed by atoms with E-state index < -0.39 is 39.8 Å². The first kappa shape index (κ1) is 28.1. The maximum atomic E-state index is 13.3. The van der Waals surface area contributed by atoms with Crippen LogP contribution in [0.1, 0.15) is 17.3 Å². The van der Waals surface area contributed by atoms with Gasteiger partial charge in [-0.3, -0.25) is 9.59 Å². The van der Waals surface area contributed by atoms with Crippen LogP contribution < -0.4 is 5.32 Å². The minimum atomic E-state index is -1.97. The topological polar surface area (TPSA) is 88.6 Å². The van der Waals surface area contributed by atoms with Gasteiger partial charge >= 0.3 is 5.97 Å². The summed E-state index contributed by atoms with van der Waals surface area (Å²) in [6, 6.07) is 14.2. The molecule has 7 nitrogen and oxygen atoms in total. The van der Waals surface area contributed by atoms with E-state index in [4.69, 9.17) is 39.5 Å². The highest BCUT2D eigenvalue weighted by atomic mass is 35.5. The minimum Gasteiger partial charge on any atom is -0.426 e. The Hall–Kier alpha value is -1.95. The molecule has 0 saturated carbocycles. The molecule has 13 heteroatoms. The maximum Gasteiger partial charge on any atom is 0.335 e. The third kappa shape index (κ3) is 6.38. The molecule has 37 heavy (non-hydrogen) atoms. The molecule has 1 aliphatic heterocycles. The van der Waals surface area contributed by atoms with Gasteiger partial charge in [-0.1, -0.05) is 70.9 Å². The van der Waals surface area contributed by atoms with Gasteiger partial charge in [0.1, 0.15) is 11.4 Å². The number of esters is 1. The van der Waals surface area contributed by atoms with E-state index in [1.807, 2.05) is 24.3 Å². The highest BCUT2D eigenvalue weighted by molar-refractivity contribution is 8.77. The van der Waals surface area contributed by atoms with E-state index in [0.29, 0.717) is 11.1 Å². The number of hydrogen-bond donors (Lipinski definition) is 1. The number of rotatable bonds is 10. The van der Waals surface area contributed by atoms with Crippen LogP contribution in [0.15, 0.2) is 71.1 Å². The molecule has 3 atom stereocenters. The number of carbonyl (C=O) groups excluding carboxylic acids is 3. The largest absolute Gasteiger partial charge is 0.426 e. The highest BCUT2D eigenvalue weighted by Gasteiger charge is 2.55. The standard InChI is InChI=1S/C24H20Cl3N3O4S3/c1-13(2)18(22(33)34-24(26,27)12-25)30-20(32)17(29-19(31)14-8-4-3-5-9-14)21(30)36-37-23-28-15-10-6-7-11-16(15)35-23/h3-11,17-18,21H,1,12H2,2H3,(H,29,31). The lowest BCUT2D eigenvalue weighted by Gasteiger charge is -2.49. The smallest absolute Gasteiger partial charge is 0.335 e. The van der Waals surface area contributed by atoms with Crippen LogP contribution in [-0.4, -0.2) is 55.5 Å². The van der Waals surface area contributed by atoms with E-state index >= 15 is 0 Å². The number of aromatic nitrogens is 1. The Balaban J connectivity index is 1.58. The van der Waals surface area contributed by atoms with Gasteiger partial charge in [0.05, 0.1) is 16.1 Å². The molecule has 1 saturated heterocycles. The summed E-state index contributed by atoms with van der Waals surface area (Å²) in [6.45, 7) is 5.44. The quantitative estimate of drug-likeness (QED) is 0.100. The number of β-lactam (4-membered cyclic amide) rings is 1. The Morgan fingerprint density at radius 1 is 1.22 bits per heavy atom. The fraction of sp³-hybridized carbons (Fsp3) is 0.250. The van der Waals surface area contributed by atoms with Crippen molar-refractivity contribution in [2.75, 3.05) is 5.88 Å². The maximum absolute atomic E-state index is 13.3. The molecule has 4 rings (SSSR count). The summed E-state index contributed by atoms with van der Waals surface area (Å²) >= 11 is 19.1. The predicted octanol–water partition coefficient (Wildman–Crippen LogP) is 5.86. The Bertz CT molecular complexity index is 1310. The van der Waals surface area contributed by atoms with E-state index in [2.05, 4.69) is 16.9 Å². The van der Waals surface area contributed by atoms with Crippen molar-refractivity contribution in [2.24, 2.45) is 0 Å². The van der Waals surface area contributed by atoms with Gasteiger partial charge in [0.2, 0.25) is 5.91 Å². The molecule has 0 bridgehead atoms. The first-order valence-corrected chi connectivity index (χ1v) is 15.1. The molecular weight excluding hydrogens is 597 g/mol. The van der Waals surface area contributed by atoms with Crippen LogP contribution in [0.2, 0.25) is 0 Å². The molecule has 1 aromatic heterocycles. The van der Waals surface area contributed by atoms with Crippen LogP contribution in [-0.2, 0) is 14.3 Å². The van der Waals surface area contributed by atoms with Crippen LogP contribution >= 0.6 is 67.7 Å². The summed E-state index contributed by atoms with van der Waals surface area (Å²) in [5, 5.41) is 2.13. The zero-order valence-corrected chi connectivity index (χ0v) is 23.9. The number of benzene rings is 2. The number of amides is 2. The van der Waals surface area contributed by atoms with Gasteiger partial charge in [0, 0.05) is 5.56 Å². The van der Waals surface area contributed by atoms with Gasteiger partial charge in [-0.2, -0.15) is 0 Å². The molecule has 0 aliphatic carbocycles. The number of halogens is 3. The molecule has 1 aliphatic rings. The second-order valence-corrected chi connectivity index (χ2v) is 13.3. The van der Waals surface area contributed by atoms with Crippen LogP contribution in [0.4, 0.5) is 0 Å². The van der Waals surface area contributed by atoms with E-state index in [1.54, 1.807) is 37.3 Å². The number of thiazole rings is 1. The number of ether oxygens (including phenoxy) is 1. The number of hydrogen-bond acceptors (Lipinski definition) is 8. The van der Waals surface area contributed by atoms with Gasteiger partial charge in [-0.05, 0) is 47.6 Å². The fourth-order valence-electron chi connectivity index (χ4n) is 3.57. The molecule has 2 amide bonds. The average molecular weight is 617 g/mol. The summed E-state index contributed by atoms with van der Waals surface area (Å²) in [7, 11) is 2.63. The van der Waals surface area contributed by atoms with Gasteiger partial charge in [0.15, 0.2) is 10.4 Å². The molecular formula is C24H20Cl3N3O4S3. The Kier molecular flexibility index (Phi) is 8.98. The molecule has 2 heterocycles. The summed E-state index contributed by atoms with van der Waals surface area (Å²) in [5.74, 6) is -2.14. The summed E-state index contributed by atoms with van der Waals surface area (Å²) < 4.78 is 4.95. The number of alkyl halides is 3. The summed E-state index contributed by atoms with van der Waals surface area (Å²) in [6.07, 6.45) is 0. The molecule has 1 N–H and O–H groups in total. The lowest BCUT2D eigenvalue weighted by Crippen LogP contribution is -2.73. The fourth-order valence-corrected chi connectivity index (χ4v) is 7.73. The van der Waals surface area contributed by atoms with E-state index in [0.717, 1.165) is 14.6 Å². The first-order valence-electron chi connectivity index (χ1n) is 10.8. The minimum absolute atomic E-state index is 0.334. The van der Waals surface area contributed by atoms with Crippen LogP contribution in [0.25, 0.3) is 10.2 Å². The number of likely N-dealkylation sites (tertiary alicyclic amines) is 1. The third-order valence-electron chi connectivity index (χ3n) is 5.27. The normalized spacial score (nSPS) is 18.3. The number of carbonyl (C=O) groups is 3. The second-order valence-electron chi connectivity index (χ2n) is 8.02.